The summed E-state index contributed by atoms with van der Waals surface area (Å²) in [6.45, 7) is 2.99. The molecular weight excluding hydrogens is 495 g/mol. The van der Waals surface area contributed by atoms with E-state index in [1.807, 2.05) is 43.3 Å². The largest absolute Gasteiger partial charge is 0.497 e. The summed E-state index contributed by atoms with van der Waals surface area (Å²) in [5, 5.41) is 0. The number of carbonyl (C=O) groups is 1. The van der Waals surface area contributed by atoms with E-state index < -0.39 is 0 Å². The highest BCUT2D eigenvalue weighted by molar-refractivity contribution is 6.00. The van der Waals surface area contributed by atoms with E-state index in [0.29, 0.717) is 48.9 Å². The van der Waals surface area contributed by atoms with Gasteiger partial charge in [-0.25, -0.2) is 4.39 Å². The lowest BCUT2D eigenvalue weighted by Gasteiger charge is -2.21. The Morgan fingerprint density at radius 3 is 2.36 bits per heavy atom. The van der Waals surface area contributed by atoms with Crippen LogP contribution >= 0.6 is 0 Å². The van der Waals surface area contributed by atoms with Crippen LogP contribution in [-0.4, -0.2) is 43.2 Å². The normalized spacial score (nSPS) is 12.9. The third-order valence-electron chi connectivity index (χ3n) is 6.93. The number of rotatable bonds is 8. The molecule has 0 N–H and O–H groups in total. The molecule has 0 spiro atoms. The first-order valence-corrected chi connectivity index (χ1v) is 12.9. The minimum absolute atomic E-state index is 0.120. The molecule has 6 nitrogen and oxygen atoms in total. The lowest BCUT2D eigenvalue weighted by atomic mass is 9.93. The molecule has 4 aromatic rings. The lowest BCUT2D eigenvalue weighted by molar-refractivity contribution is 0.0742. The van der Waals surface area contributed by atoms with Gasteiger partial charge in [0.1, 0.15) is 29.7 Å². The summed E-state index contributed by atoms with van der Waals surface area (Å²) in [5.74, 6) is 1.43. The van der Waals surface area contributed by atoms with Crippen molar-refractivity contribution >= 4 is 5.91 Å². The molecule has 3 aromatic carbocycles. The smallest absolute Gasteiger partial charge is 0.258 e. The number of amides is 1. The quantitative estimate of drug-likeness (QED) is 0.280. The number of halogens is 1. The van der Waals surface area contributed by atoms with E-state index in [-0.39, 0.29) is 11.7 Å². The molecule has 0 bridgehead atoms. The molecule has 39 heavy (non-hydrogen) atoms. The van der Waals surface area contributed by atoms with Crippen molar-refractivity contribution in [1.82, 2.24) is 9.88 Å². The Morgan fingerprint density at radius 1 is 0.897 bits per heavy atom. The van der Waals surface area contributed by atoms with Crippen LogP contribution in [0.4, 0.5) is 4.39 Å². The highest BCUT2D eigenvalue weighted by Gasteiger charge is 2.28. The molecule has 7 heteroatoms. The van der Waals surface area contributed by atoms with E-state index in [9.17, 15) is 9.18 Å². The topological polar surface area (TPSA) is 60.9 Å². The van der Waals surface area contributed by atoms with Crippen molar-refractivity contribution in [2.75, 3.05) is 27.4 Å². The van der Waals surface area contributed by atoms with Gasteiger partial charge in [0.15, 0.2) is 0 Å². The van der Waals surface area contributed by atoms with Gasteiger partial charge in [-0.3, -0.25) is 9.78 Å². The maximum atomic E-state index is 14.0. The number of ether oxygens (including phenoxy) is 3. The second-order valence-corrected chi connectivity index (χ2v) is 9.60. The van der Waals surface area contributed by atoms with E-state index in [0.717, 1.165) is 39.9 Å². The number of benzene rings is 3. The zero-order valence-corrected chi connectivity index (χ0v) is 22.4. The highest BCUT2D eigenvalue weighted by atomic mass is 19.1. The fourth-order valence-electron chi connectivity index (χ4n) is 4.95. The van der Waals surface area contributed by atoms with Crippen LogP contribution in [0.1, 0.15) is 32.7 Å². The summed E-state index contributed by atoms with van der Waals surface area (Å²) in [4.78, 5) is 20.2. The van der Waals surface area contributed by atoms with E-state index >= 15 is 0 Å². The Balaban J connectivity index is 1.54. The van der Waals surface area contributed by atoms with Crippen LogP contribution in [0.15, 0.2) is 72.9 Å². The van der Waals surface area contributed by atoms with Gasteiger partial charge in [-0.2, -0.15) is 0 Å². The Morgan fingerprint density at radius 2 is 1.67 bits per heavy atom. The fourth-order valence-corrected chi connectivity index (χ4v) is 4.95. The molecule has 1 aromatic heterocycles. The molecule has 0 saturated heterocycles. The second-order valence-electron chi connectivity index (χ2n) is 9.60. The summed E-state index contributed by atoms with van der Waals surface area (Å²) in [6, 6.07) is 20.1. The number of carbonyl (C=O) groups excluding carboxylic acids is 1. The molecule has 200 valence electrons. The molecule has 1 aliphatic rings. The molecule has 1 amide bonds. The van der Waals surface area contributed by atoms with Gasteiger partial charge >= 0.3 is 0 Å². The van der Waals surface area contributed by atoms with Gasteiger partial charge in [-0.15, -0.1) is 0 Å². The Hall–Kier alpha value is -4.39. The predicted molar refractivity (Wildman–Crippen MR) is 148 cm³/mol. The fraction of sp³-hybridized carbons (Fsp3) is 0.250. The molecule has 5 rings (SSSR count). The van der Waals surface area contributed by atoms with Crippen molar-refractivity contribution in [1.29, 1.82) is 0 Å². The third-order valence-corrected chi connectivity index (χ3v) is 6.93. The average Bonchev–Trinajstić information content (AvgIpc) is 3.10. The summed E-state index contributed by atoms with van der Waals surface area (Å²) in [7, 11) is 3.20. The number of nitrogens with zero attached hydrogens (tertiary/aromatic N) is 2. The summed E-state index contributed by atoms with van der Waals surface area (Å²) >= 11 is 0. The van der Waals surface area contributed by atoms with Crippen molar-refractivity contribution in [2.45, 2.75) is 26.3 Å². The number of aryl methyl sites for hydroxylation is 3. The van der Waals surface area contributed by atoms with Crippen molar-refractivity contribution in [3.8, 4) is 28.4 Å². The average molecular weight is 527 g/mol. The van der Waals surface area contributed by atoms with Crippen molar-refractivity contribution < 1.29 is 23.4 Å². The van der Waals surface area contributed by atoms with E-state index in [4.69, 9.17) is 14.2 Å². The van der Waals surface area contributed by atoms with Gasteiger partial charge in [0, 0.05) is 30.1 Å². The van der Waals surface area contributed by atoms with Gasteiger partial charge in [-0.1, -0.05) is 12.1 Å². The van der Waals surface area contributed by atoms with Gasteiger partial charge in [0.25, 0.3) is 5.91 Å². The van der Waals surface area contributed by atoms with Gasteiger partial charge in [0.05, 0.1) is 26.3 Å². The van der Waals surface area contributed by atoms with Crippen molar-refractivity contribution in [2.24, 2.45) is 0 Å². The molecule has 0 saturated carbocycles. The standard InChI is InChI=1S/C32H31FN2O4/c1-21-14-24(33)8-10-28(21)29-17-22(7-9-25-6-4-5-11-34-25)18-30-31(29)39-13-12-35(32(30)36)20-23-15-26(37-2)19-27(16-23)38-3/h4-6,8,10-11,14-19H,7,9,12-13,20H2,1-3H3. The predicted octanol–water partition coefficient (Wildman–Crippen LogP) is 6.03. The maximum Gasteiger partial charge on any atom is 0.258 e. The lowest BCUT2D eigenvalue weighted by Crippen LogP contribution is -2.31. The summed E-state index contributed by atoms with van der Waals surface area (Å²) < 4.78 is 31.0. The number of pyridine rings is 1. The van der Waals surface area contributed by atoms with E-state index in [2.05, 4.69) is 11.1 Å². The van der Waals surface area contributed by atoms with E-state index in [1.165, 1.54) is 12.1 Å². The van der Waals surface area contributed by atoms with Crippen LogP contribution in [0.25, 0.3) is 11.1 Å². The van der Waals surface area contributed by atoms with Crippen LogP contribution < -0.4 is 14.2 Å². The first-order valence-electron chi connectivity index (χ1n) is 12.9. The number of methoxy groups -OCH3 is 2. The van der Waals surface area contributed by atoms with Crippen LogP contribution in [0, 0.1) is 12.7 Å². The Kier molecular flexibility index (Phi) is 7.77. The Bertz CT molecular complexity index is 1470. The van der Waals surface area contributed by atoms with Crippen LogP contribution in [0.5, 0.6) is 17.2 Å². The first kappa shape index (κ1) is 26.2. The zero-order valence-electron chi connectivity index (χ0n) is 22.4. The van der Waals surface area contributed by atoms with Gasteiger partial charge in [0.2, 0.25) is 0 Å². The highest BCUT2D eigenvalue weighted by Crippen LogP contribution is 2.39. The van der Waals surface area contributed by atoms with Crippen LogP contribution in [-0.2, 0) is 19.4 Å². The molecule has 0 radical (unpaired) electrons. The Labute approximate surface area is 228 Å². The number of hydrogen-bond acceptors (Lipinski definition) is 5. The molecule has 1 aliphatic heterocycles. The zero-order chi connectivity index (χ0) is 27.4. The first-order chi connectivity index (χ1) is 18.9. The van der Waals surface area contributed by atoms with Gasteiger partial charge < -0.3 is 19.1 Å². The molecule has 0 fully saturated rings. The van der Waals surface area contributed by atoms with Crippen molar-refractivity contribution in [3.63, 3.8) is 0 Å². The monoisotopic (exact) mass is 526 g/mol. The number of hydrogen-bond donors (Lipinski definition) is 0. The number of aromatic nitrogens is 1. The van der Waals surface area contributed by atoms with Gasteiger partial charge in [-0.05, 0) is 90.6 Å². The maximum absolute atomic E-state index is 14.0. The third kappa shape index (κ3) is 5.87. The summed E-state index contributed by atoms with van der Waals surface area (Å²) in [5.41, 5.74) is 5.76. The molecule has 0 aliphatic carbocycles. The SMILES string of the molecule is COc1cc(CN2CCOc3c(cc(CCc4ccccn4)cc3-c3ccc(F)cc3C)C2=O)cc(OC)c1. The minimum atomic E-state index is -0.300. The van der Waals surface area contributed by atoms with E-state index in [1.54, 1.807) is 37.4 Å². The second kappa shape index (κ2) is 11.6. The molecule has 0 atom stereocenters. The minimum Gasteiger partial charge on any atom is -0.497 e. The molecule has 2 heterocycles. The van der Waals surface area contributed by atoms with Crippen LogP contribution in [0.2, 0.25) is 0 Å². The molecule has 0 unspecified atom stereocenters. The molecular formula is C32H31FN2O4. The summed E-state index contributed by atoms with van der Waals surface area (Å²) in [6.07, 6.45) is 3.20. The van der Waals surface area contributed by atoms with Crippen molar-refractivity contribution in [3.05, 3.63) is 107 Å². The number of fused-ring (bicyclic) bond motifs is 1. The van der Waals surface area contributed by atoms with Crippen LogP contribution in [0.3, 0.4) is 0 Å².